The molecule has 1 aliphatic rings. The summed E-state index contributed by atoms with van der Waals surface area (Å²) in [5, 5.41) is 8.76. The second-order valence-electron chi connectivity index (χ2n) is 7.10. The van der Waals surface area contributed by atoms with E-state index in [2.05, 4.69) is 10.3 Å². The summed E-state index contributed by atoms with van der Waals surface area (Å²) in [6.07, 6.45) is 1.09. The molecule has 0 spiro atoms. The zero-order valence-corrected chi connectivity index (χ0v) is 15.8. The Kier molecular flexibility index (Phi) is 4.27. The molecule has 1 atom stereocenters. The third-order valence-electron chi connectivity index (χ3n) is 4.88. The zero-order chi connectivity index (χ0) is 19.8. The van der Waals surface area contributed by atoms with Crippen molar-refractivity contribution in [2.75, 3.05) is 0 Å². The zero-order valence-electron chi connectivity index (χ0n) is 15.8. The van der Waals surface area contributed by atoms with Gasteiger partial charge in [-0.1, -0.05) is 22.4 Å². The Morgan fingerprint density at radius 3 is 2.97 bits per heavy atom. The van der Waals surface area contributed by atoms with Crippen molar-refractivity contribution < 1.29 is 23.3 Å². The highest BCUT2D eigenvalue weighted by molar-refractivity contribution is 5.84. The molecule has 5 rings (SSSR count). The van der Waals surface area contributed by atoms with Gasteiger partial charge in [0.1, 0.15) is 29.8 Å². The van der Waals surface area contributed by atoms with Gasteiger partial charge in [0.15, 0.2) is 11.3 Å². The molecule has 0 amide bonds. The average molecular weight is 390 g/mol. The van der Waals surface area contributed by atoms with Crippen LogP contribution in [0.3, 0.4) is 0 Å². The fraction of sp³-hybridized carbons (Fsp3) is 0.227. The molecule has 0 aliphatic carbocycles. The molecule has 0 bridgehead atoms. The summed E-state index contributed by atoms with van der Waals surface area (Å²) in [5.74, 6) is 1.13. The number of nitrogens with zero attached hydrogens (tertiary/aromatic N) is 2. The van der Waals surface area contributed by atoms with Crippen LogP contribution in [0.1, 0.15) is 23.9 Å². The predicted octanol–water partition coefficient (Wildman–Crippen LogP) is 4.09. The molecule has 7 nitrogen and oxygen atoms in total. The molecule has 3 heterocycles. The van der Waals surface area contributed by atoms with Crippen molar-refractivity contribution >= 4 is 16.9 Å². The number of esters is 1. The van der Waals surface area contributed by atoms with Gasteiger partial charge >= 0.3 is 5.97 Å². The number of benzene rings is 2. The smallest absolute Gasteiger partial charge is 0.312 e. The number of para-hydroxylation sites is 1. The summed E-state index contributed by atoms with van der Waals surface area (Å²) >= 11 is 0. The van der Waals surface area contributed by atoms with Crippen LogP contribution in [0.4, 0.5) is 0 Å². The van der Waals surface area contributed by atoms with Crippen molar-refractivity contribution in [2.45, 2.75) is 32.5 Å². The van der Waals surface area contributed by atoms with Gasteiger partial charge in [0.2, 0.25) is 0 Å². The molecule has 0 radical (unpaired) electrons. The van der Waals surface area contributed by atoms with Crippen LogP contribution in [0.25, 0.3) is 22.3 Å². The first-order chi connectivity index (χ1) is 14.2. The maximum atomic E-state index is 12.2. The highest BCUT2D eigenvalue weighted by atomic mass is 16.5. The molecule has 0 N–H and O–H groups in total. The molecule has 4 aromatic rings. The highest BCUT2D eigenvalue weighted by Crippen LogP contribution is 2.33. The molecule has 1 aliphatic heterocycles. The maximum absolute atomic E-state index is 12.2. The van der Waals surface area contributed by atoms with E-state index in [1.807, 2.05) is 43.3 Å². The lowest BCUT2D eigenvalue weighted by molar-refractivity contribution is -0.144. The monoisotopic (exact) mass is 390 g/mol. The third kappa shape index (κ3) is 3.47. The second kappa shape index (κ2) is 7.09. The van der Waals surface area contributed by atoms with E-state index in [9.17, 15) is 4.79 Å². The first kappa shape index (κ1) is 17.5. The Bertz CT molecular complexity index is 1190. The molecular weight excluding hydrogens is 372 g/mol. The van der Waals surface area contributed by atoms with Gasteiger partial charge in [0.05, 0.1) is 6.42 Å². The van der Waals surface area contributed by atoms with Crippen LogP contribution in [0.15, 0.2) is 57.6 Å². The predicted molar refractivity (Wildman–Crippen MR) is 103 cm³/mol. The average Bonchev–Trinajstić information content (AvgIpc) is 3.44. The van der Waals surface area contributed by atoms with Crippen LogP contribution in [0.5, 0.6) is 5.75 Å². The Balaban J connectivity index is 1.23. The van der Waals surface area contributed by atoms with Gasteiger partial charge in [-0.15, -0.1) is 0 Å². The van der Waals surface area contributed by atoms with E-state index < -0.39 is 5.97 Å². The SMILES string of the molecule is CC1Cc2cc(-c3cc(COC(=O)Cc4noc5ccccc45)no3)ccc2O1. The van der Waals surface area contributed by atoms with Crippen LogP contribution >= 0.6 is 0 Å². The first-order valence-electron chi connectivity index (χ1n) is 9.40. The molecule has 2 aromatic carbocycles. The van der Waals surface area contributed by atoms with Gasteiger partial charge in [0, 0.05) is 23.4 Å². The van der Waals surface area contributed by atoms with Gasteiger partial charge in [0.25, 0.3) is 0 Å². The highest BCUT2D eigenvalue weighted by Gasteiger charge is 2.20. The van der Waals surface area contributed by atoms with Gasteiger partial charge in [-0.25, -0.2) is 0 Å². The Labute approximate surface area is 166 Å². The van der Waals surface area contributed by atoms with E-state index in [1.54, 1.807) is 12.1 Å². The Morgan fingerprint density at radius 1 is 1.14 bits per heavy atom. The minimum Gasteiger partial charge on any atom is -0.490 e. The maximum Gasteiger partial charge on any atom is 0.312 e. The minimum absolute atomic E-state index is 0.0310. The van der Waals surface area contributed by atoms with E-state index in [4.69, 9.17) is 18.5 Å². The van der Waals surface area contributed by atoms with E-state index in [0.717, 1.165) is 28.7 Å². The lowest BCUT2D eigenvalue weighted by Gasteiger charge is -2.02. The summed E-state index contributed by atoms with van der Waals surface area (Å²) in [6, 6.07) is 15.1. The quantitative estimate of drug-likeness (QED) is 0.474. The number of aromatic nitrogens is 2. The number of hydrogen-bond acceptors (Lipinski definition) is 7. The van der Waals surface area contributed by atoms with Crippen molar-refractivity contribution in [3.05, 3.63) is 65.5 Å². The summed E-state index contributed by atoms with van der Waals surface area (Å²) in [6.45, 7) is 2.08. The van der Waals surface area contributed by atoms with Crippen molar-refractivity contribution in [2.24, 2.45) is 0 Å². The van der Waals surface area contributed by atoms with Gasteiger partial charge < -0.3 is 18.5 Å². The Morgan fingerprint density at radius 2 is 2.03 bits per heavy atom. The number of hydrogen-bond donors (Lipinski definition) is 0. The standard InChI is InChI=1S/C22H18N2O5/c1-13-8-15-9-14(6-7-19(15)27-13)21-10-16(23-29-21)12-26-22(25)11-18-17-4-2-3-5-20(17)28-24-18/h2-7,9-10,13H,8,11-12H2,1H3. The molecule has 7 heteroatoms. The van der Waals surface area contributed by atoms with E-state index in [-0.39, 0.29) is 19.1 Å². The second-order valence-corrected chi connectivity index (χ2v) is 7.10. The topological polar surface area (TPSA) is 87.6 Å². The van der Waals surface area contributed by atoms with Crippen LogP contribution in [-0.2, 0) is 29.0 Å². The molecule has 1 unspecified atom stereocenters. The lowest BCUT2D eigenvalue weighted by Crippen LogP contribution is -2.08. The van der Waals surface area contributed by atoms with E-state index >= 15 is 0 Å². The molecule has 0 saturated carbocycles. The van der Waals surface area contributed by atoms with E-state index in [1.165, 1.54) is 0 Å². The molecule has 146 valence electrons. The number of carbonyl (C=O) groups is 1. The van der Waals surface area contributed by atoms with Gasteiger partial charge in [-0.05, 0) is 42.8 Å². The summed E-state index contributed by atoms with van der Waals surface area (Å²) in [4.78, 5) is 12.2. The number of ether oxygens (including phenoxy) is 2. The lowest BCUT2D eigenvalue weighted by atomic mass is 10.1. The van der Waals surface area contributed by atoms with Crippen molar-refractivity contribution in [3.8, 4) is 17.1 Å². The van der Waals surface area contributed by atoms with Crippen LogP contribution < -0.4 is 4.74 Å². The van der Waals surface area contributed by atoms with Gasteiger partial charge in [-0.3, -0.25) is 4.79 Å². The van der Waals surface area contributed by atoms with Gasteiger partial charge in [-0.2, -0.15) is 0 Å². The van der Waals surface area contributed by atoms with Crippen LogP contribution in [0, 0.1) is 0 Å². The molecule has 2 aromatic heterocycles. The van der Waals surface area contributed by atoms with Crippen LogP contribution in [-0.4, -0.2) is 22.4 Å². The number of rotatable bonds is 5. The molecule has 29 heavy (non-hydrogen) atoms. The van der Waals surface area contributed by atoms with E-state index in [0.29, 0.717) is 22.7 Å². The first-order valence-corrected chi connectivity index (χ1v) is 9.40. The number of carbonyl (C=O) groups excluding carboxylic acids is 1. The van der Waals surface area contributed by atoms with Crippen molar-refractivity contribution in [3.63, 3.8) is 0 Å². The molecular formula is C22H18N2O5. The fourth-order valence-corrected chi connectivity index (χ4v) is 3.50. The third-order valence-corrected chi connectivity index (χ3v) is 4.88. The fourth-order valence-electron chi connectivity index (χ4n) is 3.50. The Hall–Kier alpha value is -3.61. The summed E-state index contributed by atoms with van der Waals surface area (Å²) in [5.41, 5.74) is 3.81. The molecule has 0 fully saturated rings. The van der Waals surface area contributed by atoms with Crippen LogP contribution in [0.2, 0.25) is 0 Å². The molecule has 0 saturated heterocycles. The minimum atomic E-state index is -0.405. The van der Waals surface area contributed by atoms with Crippen molar-refractivity contribution in [1.29, 1.82) is 0 Å². The normalized spacial score (nSPS) is 15.3. The largest absolute Gasteiger partial charge is 0.490 e. The summed E-state index contributed by atoms with van der Waals surface area (Å²) < 4.78 is 21.7. The van der Waals surface area contributed by atoms with Crippen molar-refractivity contribution in [1.82, 2.24) is 10.3 Å². The summed E-state index contributed by atoms with van der Waals surface area (Å²) in [7, 11) is 0. The number of fused-ring (bicyclic) bond motifs is 2.